The van der Waals surface area contributed by atoms with Gasteiger partial charge in [0.1, 0.15) is 0 Å². The standard InChI is InChI=1S/C11H18N4O.C2HF3O2/c1-14-7-9(6-13-14)11-8(5-12)3-4-10(16)15(11)2;3-2(4,5)1(6)7/h6-8,11H,3-5,12H2,1-2H3;(H,6,7)/t8-,11+;/m1./s1. The summed E-state index contributed by atoms with van der Waals surface area (Å²) < 4.78 is 33.5. The number of carboxylic acids is 1. The topological polar surface area (TPSA) is 101 Å². The van der Waals surface area contributed by atoms with Gasteiger partial charge in [0, 0.05) is 32.3 Å². The van der Waals surface area contributed by atoms with Gasteiger partial charge in [-0.1, -0.05) is 0 Å². The third-order valence-electron chi connectivity index (χ3n) is 3.60. The van der Waals surface area contributed by atoms with E-state index < -0.39 is 12.1 Å². The molecule has 0 unspecified atom stereocenters. The predicted octanol–water partition coefficient (Wildman–Crippen LogP) is 0.922. The summed E-state index contributed by atoms with van der Waals surface area (Å²) in [4.78, 5) is 22.4. The maximum atomic E-state index is 11.7. The number of nitrogens with zero attached hydrogens (tertiary/aromatic N) is 3. The smallest absolute Gasteiger partial charge is 0.475 e. The number of aromatic nitrogens is 2. The maximum absolute atomic E-state index is 11.7. The third-order valence-corrected chi connectivity index (χ3v) is 3.60. The van der Waals surface area contributed by atoms with Crippen molar-refractivity contribution in [1.82, 2.24) is 14.7 Å². The first-order valence-electron chi connectivity index (χ1n) is 6.82. The van der Waals surface area contributed by atoms with Gasteiger partial charge in [0.2, 0.25) is 5.91 Å². The molecule has 0 aliphatic carbocycles. The first-order valence-corrected chi connectivity index (χ1v) is 6.82. The van der Waals surface area contributed by atoms with Crippen LogP contribution in [0.1, 0.15) is 24.4 Å². The van der Waals surface area contributed by atoms with Crippen molar-refractivity contribution in [2.24, 2.45) is 18.7 Å². The number of amides is 1. The van der Waals surface area contributed by atoms with Crippen LogP contribution < -0.4 is 5.73 Å². The van der Waals surface area contributed by atoms with Gasteiger partial charge in [-0.3, -0.25) is 9.48 Å². The first-order chi connectivity index (χ1) is 10.6. The van der Waals surface area contributed by atoms with Gasteiger partial charge in [0.05, 0.1) is 12.2 Å². The quantitative estimate of drug-likeness (QED) is 0.836. The van der Waals surface area contributed by atoms with Crippen LogP contribution in [0, 0.1) is 5.92 Å². The highest BCUT2D eigenvalue weighted by Gasteiger charge is 2.38. The monoisotopic (exact) mass is 336 g/mol. The van der Waals surface area contributed by atoms with Gasteiger partial charge < -0.3 is 15.7 Å². The van der Waals surface area contributed by atoms with Crippen LogP contribution >= 0.6 is 0 Å². The molecule has 1 aliphatic rings. The molecule has 1 aliphatic heterocycles. The van der Waals surface area contributed by atoms with E-state index in [0.29, 0.717) is 18.9 Å². The molecule has 1 amide bonds. The largest absolute Gasteiger partial charge is 0.490 e. The summed E-state index contributed by atoms with van der Waals surface area (Å²) in [6.07, 6.45) is 0.180. The van der Waals surface area contributed by atoms with E-state index in [0.717, 1.165) is 12.0 Å². The van der Waals surface area contributed by atoms with E-state index in [1.807, 2.05) is 26.5 Å². The Morgan fingerprint density at radius 2 is 2.04 bits per heavy atom. The third kappa shape index (κ3) is 4.95. The van der Waals surface area contributed by atoms with Gasteiger partial charge in [-0.2, -0.15) is 18.3 Å². The van der Waals surface area contributed by atoms with Crippen LogP contribution in [0.25, 0.3) is 0 Å². The summed E-state index contributed by atoms with van der Waals surface area (Å²) in [5.41, 5.74) is 6.86. The van der Waals surface area contributed by atoms with E-state index in [1.165, 1.54) is 0 Å². The minimum atomic E-state index is -5.08. The number of hydrogen-bond donors (Lipinski definition) is 2. The molecule has 130 valence electrons. The molecule has 0 bridgehead atoms. The van der Waals surface area contributed by atoms with E-state index in [1.54, 1.807) is 9.58 Å². The zero-order valence-corrected chi connectivity index (χ0v) is 12.7. The molecule has 1 saturated heterocycles. The minimum absolute atomic E-state index is 0.0833. The Hall–Kier alpha value is -2.10. The lowest BCUT2D eigenvalue weighted by molar-refractivity contribution is -0.192. The molecule has 1 aromatic heterocycles. The second kappa shape index (κ2) is 7.44. The fraction of sp³-hybridized carbons (Fsp3) is 0.615. The van der Waals surface area contributed by atoms with Crippen molar-refractivity contribution in [3.63, 3.8) is 0 Å². The number of aryl methyl sites for hydroxylation is 1. The van der Waals surface area contributed by atoms with Crippen molar-refractivity contribution in [3.05, 3.63) is 18.0 Å². The highest BCUT2D eigenvalue weighted by atomic mass is 19.4. The minimum Gasteiger partial charge on any atom is -0.475 e. The molecule has 0 saturated carbocycles. The fourth-order valence-corrected chi connectivity index (χ4v) is 2.45. The molecule has 0 spiro atoms. The molecule has 2 atom stereocenters. The number of halogens is 3. The Balaban J connectivity index is 0.000000322. The lowest BCUT2D eigenvalue weighted by atomic mass is 9.86. The number of carbonyl (C=O) groups is 2. The van der Waals surface area contributed by atoms with Crippen LogP contribution in [0.4, 0.5) is 13.2 Å². The van der Waals surface area contributed by atoms with E-state index in [4.69, 9.17) is 15.6 Å². The highest BCUT2D eigenvalue weighted by molar-refractivity contribution is 5.77. The van der Waals surface area contributed by atoms with Crippen LogP contribution in [-0.2, 0) is 16.6 Å². The summed E-state index contributed by atoms with van der Waals surface area (Å²) in [7, 11) is 3.73. The zero-order valence-electron chi connectivity index (χ0n) is 12.7. The van der Waals surface area contributed by atoms with Crippen LogP contribution in [-0.4, -0.2) is 51.4 Å². The molecule has 0 radical (unpaired) electrons. The van der Waals surface area contributed by atoms with Crippen LogP contribution in [0.5, 0.6) is 0 Å². The van der Waals surface area contributed by atoms with Crippen molar-refractivity contribution in [3.8, 4) is 0 Å². The highest BCUT2D eigenvalue weighted by Crippen LogP contribution is 2.34. The first kappa shape index (κ1) is 18.9. The SMILES string of the molecule is CN1C(=O)CC[C@H](CN)[C@H]1c1cnn(C)c1.O=C(O)C(F)(F)F. The van der Waals surface area contributed by atoms with E-state index in [-0.39, 0.29) is 11.9 Å². The Kier molecular flexibility index (Phi) is 6.13. The van der Waals surface area contributed by atoms with Crippen molar-refractivity contribution < 1.29 is 27.9 Å². The molecule has 1 aromatic rings. The molecule has 2 rings (SSSR count). The van der Waals surface area contributed by atoms with Gasteiger partial charge in [0.25, 0.3) is 0 Å². The summed E-state index contributed by atoms with van der Waals surface area (Å²) in [5.74, 6) is -2.22. The molecular weight excluding hydrogens is 317 g/mol. The molecule has 2 heterocycles. The maximum Gasteiger partial charge on any atom is 0.490 e. The summed E-state index contributed by atoms with van der Waals surface area (Å²) >= 11 is 0. The average molecular weight is 336 g/mol. The number of rotatable bonds is 2. The van der Waals surface area contributed by atoms with Gasteiger partial charge in [-0.25, -0.2) is 4.79 Å². The second-order valence-electron chi connectivity index (χ2n) is 5.23. The summed E-state index contributed by atoms with van der Waals surface area (Å²) in [6.45, 7) is 0.608. The molecule has 1 fully saturated rings. The van der Waals surface area contributed by atoms with Gasteiger partial charge in [-0.05, 0) is 18.9 Å². The Morgan fingerprint density at radius 1 is 1.48 bits per heavy atom. The molecule has 7 nitrogen and oxygen atoms in total. The number of aliphatic carboxylic acids is 1. The Bertz CT molecular complexity index is 559. The number of carbonyl (C=O) groups excluding carboxylic acids is 1. The lowest BCUT2D eigenvalue weighted by Gasteiger charge is -2.38. The Morgan fingerprint density at radius 3 is 2.43 bits per heavy atom. The van der Waals surface area contributed by atoms with Gasteiger partial charge in [-0.15, -0.1) is 0 Å². The summed E-state index contributed by atoms with van der Waals surface area (Å²) in [5, 5.41) is 11.3. The Labute approximate surface area is 130 Å². The van der Waals surface area contributed by atoms with Crippen LogP contribution in [0.15, 0.2) is 12.4 Å². The number of carboxylic acid groups (broad SMARTS) is 1. The van der Waals surface area contributed by atoms with E-state index in [2.05, 4.69) is 5.10 Å². The molecule has 0 aromatic carbocycles. The number of nitrogens with two attached hydrogens (primary N) is 1. The van der Waals surface area contributed by atoms with Gasteiger partial charge in [0.15, 0.2) is 0 Å². The van der Waals surface area contributed by atoms with Crippen molar-refractivity contribution in [2.45, 2.75) is 25.1 Å². The van der Waals surface area contributed by atoms with E-state index in [9.17, 15) is 18.0 Å². The van der Waals surface area contributed by atoms with Crippen molar-refractivity contribution >= 4 is 11.9 Å². The van der Waals surface area contributed by atoms with Gasteiger partial charge >= 0.3 is 12.1 Å². The van der Waals surface area contributed by atoms with Crippen molar-refractivity contribution in [2.75, 3.05) is 13.6 Å². The van der Waals surface area contributed by atoms with E-state index >= 15 is 0 Å². The number of piperidine rings is 1. The number of alkyl halides is 3. The summed E-state index contributed by atoms with van der Waals surface area (Å²) in [6, 6.07) is 0.0833. The zero-order chi connectivity index (χ0) is 17.8. The second-order valence-corrected chi connectivity index (χ2v) is 5.23. The predicted molar refractivity (Wildman–Crippen MR) is 74.2 cm³/mol. The fourth-order valence-electron chi connectivity index (χ4n) is 2.45. The van der Waals surface area contributed by atoms with Crippen LogP contribution in [0.2, 0.25) is 0 Å². The number of hydrogen-bond acceptors (Lipinski definition) is 4. The van der Waals surface area contributed by atoms with Crippen LogP contribution in [0.3, 0.4) is 0 Å². The normalized spacial score (nSPS) is 21.7. The van der Waals surface area contributed by atoms with Crippen molar-refractivity contribution in [1.29, 1.82) is 0 Å². The molecule has 3 N–H and O–H groups in total. The molecule has 10 heteroatoms. The molecule has 23 heavy (non-hydrogen) atoms. The lowest BCUT2D eigenvalue weighted by Crippen LogP contribution is -2.42. The molecular formula is C13H19F3N4O3. The number of likely N-dealkylation sites (tertiary alicyclic amines) is 1. The average Bonchev–Trinajstić information content (AvgIpc) is 2.87.